The van der Waals surface area contributed by atoms with Crippen molar-refractivity contribution < 1.29 is 13.6 Å². The molecule has 0 spiro atoms. The third kappa shape index (κ3) is 3.19. The number of likely N-dealkylation sites (N-methyl/N-ethyl adjacent to an activating group) is 1. The van der Waals surface area contributed by atoms with Crippen LogP contribution in [0.15, 0.2) is 18.2 Å². The molecule has 0 saturated heterocycles. The molecule has 0 aliphatic heterocycles. The molecular formula is C10H12F2N2O. The first-order valence-electron chi connectivity index (χ1n) is 4.45. The highest BCUT2D eigenvalue weighted by Gasteiger charge is 2.07. The molecule has 3 nitrogen and oxygen atoms in total. The lowest BCUT2D eigenvalue weighted by Crippen LogP contribution is -2.33. The minimum atomic E-state index is -0.612. The van der Waals surface area contributed by atoms with Gasteiger partial charge in [0.15, 0.2) is 0 Å². The fourth-order valence-corrected chi connectivity index (χ4v) is 1.12. The predicted molar refractivity (Wildman–Crippen MR) is 52.3 cm³/mol. The van der Waals surface area contributed by atoms with Crippen molar-refractivity contribution in [2.75, 3.05) is 13.6 Å². The van der Waals surface area contributed by atoms with Crippen LogP contribution in [-0.4, -0.2) is 24.5 Å². The first kappa shape index (κ1) is 11.4. The first-order chi connectivity index (χ1) is 7.00. The van der Waals surface area contributed by atoms with E-state index in [1.807, 2.05) is 0 Å². The van der Waals surface area contributed by atoms with E-state index in [2.05, 4.69) is 0 Å². The molecule has 2 N–H and O–H groups in total. The molecule has 0 saturated carbocycles. The minimum Gasteiger partial charge on any atom is -0.351 e. The third-order valence-corrected chi connectivity index (χ3v) is 2.11. The quantitative estimate of drug-likeness (QED) is 0.814. The lowest BCUT2D eigenvalue weighted by atomic mass is 10.1. The van der Waals surface area contributed by atoms with E-state index >= 15 is 0 Å². The molecule has 0 aromatic heterocycles. The number of carbonyl (C=O) groups excluding carboxylic acids is 1. The maximum absolute atomic E-state index is 13.1. The standard InChI is InChI=1S/C10H12F2N2O/c1-14(10(13)15)5-4-7-2-3-8(11)6-9(7)12/h2-3,6H,4-5H2,1H3,(H2,13,15). The Balaban J connectivity index is 2.62. The van der Waals surface area contributed by atoms with Crippen LogP contribution < -0.4 is 5.73 Å². The van der Waals surface area contributed by atoms with Crippen LogP contribution in [0.2, 0.25) is 0 Å². The van der Waals surface area contributed by atoms with Gasteiger partial charge in [0.25, 0.3) is 0 Å². The topological polar surface area (TPSA) is 46.3 Å². The summed E-state index contributed by atoms with van der Waals surface area (Å²) in [5.74, 6) is -1.22. The van der Waals surface area contributed by atoms with E-state index < -0.39 is 17.7 Å². The van der Waals surface area contributed by atoms with Crippen molar-refractivity contribution >= 4 is 6.03 Å². The highest BCUT2D eigenvalue weighted by Crippen LogP contribution is 2.10. The van der Waals surface area contributed by atoms with Gasteiger partial charge in [-0.15, -0.1) is 0 Å². The Kier molecular flexibility index (Phi) is 3.60. The van der Waals surface area contributed by atoms with Gasteiger partial charge in [-0.05, 0) is 18.1 Å². The molecule has 0 heterocycles. The van der Waals surface area contributed by atoms with E-state index in [0.717, 1.165) is 6.07 Å². The second-order valence-electron chi connectivity index (χ2n) is 3.25. The van der Waals surface area contributed by atoms with Crippen LogP contribution in [0.4, 0.5) is 13.6 Å². The van der Waals surface area contributed by atoms with Crippen molar-refractivity contribution in [3.05, 3.63) is 35.4 Å². The number of hydrogen-bond acceptors (Lipinski definition) is 1. The Hall–Kier alpha value is -1.65. The Labute approximate surface area is 86.5 Å². The van der Waals surface area contributed by atoms with E-state index in [1.54, 1.807) is 0 Å². The maximum atomic E-state index is 13.1. The van der Waals surface area contributed by atoms with Gasteiger partial charge >= 0.3 is 6.03 Å². The molecule has 82 valence electrons. The van der Waals surface area contributed by atoms with E-state index in [1.165, 1.54) is 24.1 Å². The van der Waals surface area contributed by atoms with Gasteiger partial charge in [-0.3, -0.25) is 0 Å². The highest BCUT2D eigenvalue weighted by molar-refractivity contribution is 5.71. The van der Waals surface area contributed by atoms with E-state index in [9.17, 15) is 13.6 Å². The van der Waals surface area contributed by atoms with Crippen molar-refractivity contribution in [3.63, 3.8) is 0 Å². The Morgan fingerprint density at radius 1 is 1.47 bits per heavy atom. The van der Waals surface area contributed by atoms with E-state index in [4.69, 9.17) is 5.73 Å². The van der Waals surface area contributed by atoms with Crippen LogP contribution in [0.3, 0.4) is 0 Å². The molecule has 5 heteroatoms. The zero-order valence-electron chi connectivity index (χ0n) is 8.34. The summed E-state index contributed by atoms with van der Waals surface area (Å²) < 4.78 is 25.7. The Bertz CT molecular complexity index is 368. The molecule has 0 aliphatic carbocycles. The summed E-state index contributed by atoms with van der Waals surface area (Å²) in [6, 6.07) is 2.79. The number of nitrogens with two attached hydrogens (primary N) is 1. The summed E-state index contributed by atoms with van der Waals surface area (Å²) in [5.41, 5.74) is 5.36. The van der Waals surface area contributed by atoms with Gasteiger partial charge in [0, 0.05) is 19.7 Å². The lowest BCUT2D eigenvalue weighted by molar-refractivity contribution is 0.219. The summed E-state index contributed by atoms with van der Waals surface area (Å²) in [7, 11) is 1.52. The lowest BCUT2D eigenvalue weighted by Gasteiger charge is -2.13. The Morgan fingerprint density at radius 2 is 2.13 bits per heavy atom. The molecule has 0 fully saturated rings. The summed E-state index contributed by atoms with van der Waals surface area (Å²) in [4.78, 5) is 11.9. The monoisotopic (exact) mass is 214 g/mol. The van der Waals surface area contributed by atoms with Crippen molar-refractivity contribution in [1.82, 2.24) is 4.90 Å². The zero-order chi connectivity index (χ0) is 11.4. The smallest absolute Gasteiger partial charge is 0.314 e. The summed E-state index contributed by atoms with van der Waals surface area (Å²) in [6.07, 6.45) is 0.311. The largest absolute Gasteiger partial charge is 0.351 e. The maximum Gasteiger partial charge on any atom is 0.314 e. The molecule has 1 aromatic rings. The average Bonchev–Trinajstić information content (AvgIpc) is 2.15. The number of carbonyl (C=O) groups is 1. The molecule has 0 bridgehead atoms. The fraction of sp³-hybridized carbons (Fsp3) is 0.300. The summed E-state index contributed by atoms with van der Waals surface area (Å²) in [6.45, 7) is 0.303. The number of amides is 2. The van der Waals surface area contributed by atoms with Gasteiger partial charge in [0.05, 0.1) is 0 Å². The number of benzene rings is 1. The van der Waals surface area contributed by atoms with Crippen LogP contribution in [-0.2, 0) is 6.42 Å². The molecule has 15 heavy (non-hydrogen) atoms. The Morgan fingerprint density at radius 3 is 2.67 bits per heavy atom. The predicted octanol–water partition coefficient (Wildman–Crippen LogP) is 1.52. The van der Waals surface area contributed by atoms with Gasteiger partial charge in [0.1, 0.15) is 11.6 Å². The molecule has 2 amide bonds. The molecule has 0 atom stereocenters. The molecule has 1 rings (SSSR count). The van der Waals surface area contributed by atoms with Crippen LogP contribution >= 0.6 is 0 Å². The molecule has 1 aromatic carbocycles. The van der Waals surface area contributed by atoms with Gasteiger partial charge in [-0.2, -0.15) is 0 Å². The normalized spacial score (nSPS) is 10.1. The summed E-state index contributed by atoms with van der Waals surface area (Å²) >= 11 is 0. The fourth-order valence-electron chi connectivity index (χ4n) is 1.12. The van der Waals surface area contributed by atoms with Crippen LogP contribution in [0.25, 0.3) is 0 Å². The number of nitrogens with zero attached hydrogens (tertiary/aromatic N) is 1. The van der Waals surface area contributed by atoms with E-state index in [-0.39, 0.29) is 0 Å². The van der Waals surface area contributed by atoms with Crippen molar-refractivity contribution in [1.29, 1.82) is 0 Å². The molecule has 0 aliphatic rings. The highest BCUT2D eigenvalue weighted by atomic mass is 19.1. The van der Waals surface area contributed by atoms with Crippen LogP contribution in [0, 0.1) is 11.6 Å². The number of primary amides is 1. The molecular weight excluding hydrogens is 202 g/mol. The van der Waals surface area contributed by atoms with Gasteiger partial charge in [-0.1, -0.05) is 6.07 Å². The van der Waals surface area contributed by atoms with Gasteiger partial charge in [-0.25, -0.2) is 13.6 Å². The zero-order valence-corrected chi connectivity index (χ0v) is 8.34. The number of hydrogen-bond donors (Lipinski definition) is 1. The van der Waals surface area contributed by atoms with Gasteiger partial charge in [0.2, 0.25) is 0 Å². The second-order valence-corrected chi connectivity index (χ2v) is 3.25. The second kappa shape index (κ2) is 4.72. The SMILES string of the molecule is CN(CCc1ccc(F)cc1F)C(N)=O. The van der Waals surface area contributed by atoms with Gasteiger partial charge < -0.3 is 10.6 Å². The number of urea groups is 1. The number of rotatable bonds is 3. The van der Waals surface area contributed by atoms with Crippen LogP contribution in [0.5, 0.6) is 0 Å². The van der Waals surface area contributed by atoms with Crippen molar-refractivity contribution in [2.45, 2.75) is 6.42 Å². The first-order valence-corrected chi connectivity index (χ1v) is 4.45. The van der Waals surface area contributed by atoms with E-state index in [0.29, 0.717) is 18.5 Å². The summed E-state index contributed by atoms with van der Waals surface area (Å²) in [5, 5.41) is 0. The molecule has 0 unspecified atom stereocenters. The average molecular weight is 214 g/mol. The van der Waals surface area contributed by atoms with Crippen molar-refractivity contribution in [2.24, 2.45) is 5.73 Å². The third-order valence-electron chi connectivity index (χ3n) is 2.11. The van der Waals surface area contributed by atoms with Crippen LogP contribution in [0.1, 0.15) is 5.56 Å². The molecule has 0 radical (unpaired) electrons. The van der Waals surface area contributed by atoms with Crippen molar-refractivity contribution in [3.8, 4) is 0 Å². The number of halogens is 2. The minimum absolute atomic E-state index is 0.303.